The molecule has 5 rings (SSSR count). The Morgan fingerprint density at radius 2 is 2.03 bits per heavy atom. The zero-order valence-corrected chi connectivity index (χ0v) is 15.5. The van der Waals surface area contributed by atoms with Crippen LogP contribution in [0.2, 0.25) is 0 Å². The van der Waals surface area contributed by atoms with Crippen LogP contribution in [-0.2, 0) is 4.79 Å². The van der Waals surface area contributed by atoms with E-state index >= 15 is 0 Å². The number of furan rings is 1. The minimum Gasteiger partial charge on any atom is -0.469 e. The Morgan fingerprint density at radius 1 is 1.24 bits per heavy atom. The molecule has 0 saturated carbocycles. The number of Topliss-reactive ketones (excluding diaryl/α,β-unsaturated/α-hetero) is 1. The summed E-state index contributed by atoms with van der Waals surface area (Å²) in [6.07, 6.45) is 2.56. The zero-order valence-electron chi connectivity index (χ0n) is 15.5. The van der Waals surface area contributed by atoms with Crippen LogP contribution in [0, 0.1) is 17.0 Å². The molecule has 3 heterocycles. The van der Waals surface area contributed by atoms with Gasteiger partial charge in [0, 0.05) is 35.7 Å². The number of hydrogen-bond acceptors (Lipinski definition) is 7. The van der Waals surface area contributed by atoms with Crippen LogP contribution in [0.3, 0.4) is 0 Å². The maximum Gasteiger partial charge on any atom is 0.269 e. The van der Waals surface area contributed by atoms with Crippen LogP contribution in [0.5, 0.6) is 0 Å². The van der Waals surface area contributed by atoms with Gasteiger partial charge in [-0.1, -0.05) is 0 Å². The number of benzene rings is 1. The van der Waals surface area contributed by atoms with Crippen molar-refractivity contribution in [2.45, 2.75) is 31.7 Å². The van der Waals surface area contributed by atoms with Gasteiger partial charge in [0.2, 0.25) is 5.95 Å². The van der Waals surface area contributed by atoms with Gasteiger partial charge in [-0.05, 0) is 43.2 Å². The van der Waals surface area contributed by atoms with Crippen LogP contribution in [-0.4, -0.2) is 25.5 Å². The largest absolute Gasteiger partial charge is 0.469 e. The van der Waals surface area contributed by atoms with Crippen molar-refractivity contribution in [2.24, 2.45) is 0 Å². The van der Waals surface area contributed by atoms with E-state index in [1.807, 2.05) is 12.1 Å². The standard InChI is InChI=1S/C20H17N5O4/c1-11-21-20-22-15-9-13(17-3-2-8-29-17)10-16(26)18(15)19(24(20)23-11)12-4-6-14(7-5-12)25(27)28/h2-8,13,19H,9-10H2,1H3,(H,21,22,23)/t13-,19+/m1/s1. The number of fused-ring (bicyclic) bond motifs is 1. The van der Waals surface area contributed by atoms with Gasteiger partial charge in [-0.3, -0.25) is 14.9 Å². The number of ketones is 1. The van der Waals surface area contributed by atoms with E-state index in [0.717, 1.165) is 17.0 Å². The molecule has 1 aromatic carbocycles. The van der Waals surface area contributed by atoms with E-state index in [1.54, 1.807) is 30.0 Å². The summed E-state index contributed by atoms with van der Waals surface area (Å²) in [5, 5.41) is 18.7. The number of nitrogens with one attached hydrogen (secondary N) is 1. The lowest BCUT2D eigenvalue weighted by Crippen LogP contribution is -2.33. The molecule has 0 fully saturated rings. The summed E-state index contributed by atoms with van der Waals surface area (Å²) < 4.78 is 7.20. The first kappa shape index (κ1) is 17.4. The lowest BCUT2D eigenvalue weighted by Gasteiger charge is -2.34. The van der Waals surface area contributed by atoms with Crippen LogP contribution in [0.1, 0.15) is 41.9 Å². The smallest absolute Gasteiger partial charge is 0.269 e. The maximum absolute atomic E-state index is 13.2. The highest BCUT2D eigenvalue weighted by Crippen LogP contribution is 2.44. The van der Waals surface area contributed by atoms with Crippen LogP contribution < -0.4 is 5.32 Å². The molecule has 29 heavy (non-hydrogen) atoms. The Labute approximate surface area is 165 Å². The number of carbonyl (C=O) groups excluding carboxylic acids is 1. The number of nitro benzene ring substituents is 1. The highest BCUT2D eigenvalue weighted by atomic mass is 16.6. The monoisotopic (exact) mass is 391 g/mol. The molecular weight excluding hydrogens is 374 g/mol. The van der Waals surface area contributed by atoms with Crippen molar-refractivity contribution in [1.82, 2.24) is 14.8 Å². The third-order valence-corrected chi connectivity index (χ3v) is 5.39. The Hall–Kier alpha value is -3.75. The topological polar surface area (TPSA) is 116 Å². The summed E-state index contributed by atoms with van der Waals surface area (Å²) in [7, 11) is 0. The van der Waals surface area contributed by atoms with Crippen LogP contribution >= 0.6 is 0 Å². The number of aromatic nitrogens is 3. The van der Waals surface area contributed by atoms with Crippen molar-refractivity contribution in [3.63, 3.8) is 0 Å². The average Bonchev–Trinajstić information content (AvgIpc) is 3.35. The molecule has 0 saturated heterocycles. The highest BCUT2D eigenvalue weighted by Gasteiger charge is 2.40. The zero-order chi connectivity index (χ0) is 20.1. The summed E-state index contributed by atoms with van der Waals surface area (Å²) in [6, 6.07) is 9.45. The Bertz CT molecular complexity index is 1140. The van der Waals surface area contributed by atoms with Gasteiger partial charge in [-0.15, -0.1) is 0 Å². The molecule has 2 atom stereocenters. The normalized spacial score (nSPS) is 20.8. The number of rotatable bonds is 3. The van der Waals surface area contributed by atoms with Gasteiger partial charge in [-0.2, -0.15) is 10.1 Å². The molecule has 0 amide bonds. The fraction of sp³-hybridized carbons (Fsp3) is 0.250. The van der Waals surface area contributed by atoms with Crippen LogP contribution in [0.15, 0.2) is 58.3 Å². The molecule has 9 heteroatoms. The molecule has 2 aromatic heterocycles. The maximum atomic E-state index is 13.2. The second-order valence-electron chi connectivity index (χ2n) is 7.24. The molecule has 1 aliphatic heterocycles. The Balaban J connectivity index is 1.61. The number of carbonyl (C=O) groups is 1. The fourth-order valence-corrected chi connectivity index (χ4v) is 4.13. The van der Waals surface area contributed by atoms with E-state index in [4.69, 9.17) is 4.42 Å². The lowest BCUT2D eigenvalue weighted by atomic mass is 9.79. The van der Waals surface area contributed by atoms with E-state index in [-0.39, 0.29) is 17.4 Å². The van der Waals surface area contributed by atoms with Crippen molar-refractivity contribution < 1.29 is 14.1 Å². The number of nitrogens with zero attached hydrogens (tertiary/aromatic N) is 4. The number of non-ortho nitro benzene ring substituents is 1. The van der Waals surface area contributed by atoms with Crippen molar-refractivity contribution >= 4 is 17.4 Å². The molecule has 0 radical (unpaired) electrons. The molecular formula is C20H17N5O4. The molecule has 0 spiro atoms. The number of hydrogen-bond donors (Lipinski definition) is 1. The first-order valence-electron chi connectivity index (χ1n) is 9.25. The van der Waals surface area contributed by atoms with Gasteiger partial charge in [0.25, 0.3) is 5.69 Å². The molecule has 1 N–H and O–H groups in total. The summed E-state index contributed by atoms with van der Waals surface area (Å²) in [5.74, 6) is 1.87. The quantitative estimate of drug-likeness (QED) is 0.536. The molecule has 0 unspecified atom stereocenters. The van der Waals surface area contributed by atoms with E-state index in [2.05, 4.69) is 15.4 Å². The van der Waals surface area contributed by atoms with Gasteiger partial charge in [-0.25, -0.2) is 4.68 Å². The van der Waals surface area contributed by atoms with Crippen molar-refractivity contribution in [3.05, 3.63) is 81.2 Å². The lowest BCUT2D eigenvalue weighted by molar-refractivity contribution is -0.384. The number of aryl methyl sites for hydroxylation is 1. The second-order valence-corrected chi connectivity index (χ2v) is 7.24. The van der Waals surface area contributed by atoms with Gasteiger partial charge in [0.15, 0.2) is 5.78 Å². The highest BCUT2D eigenvalue weighted by molar-refractivity contribution is 6.00. The summed E-state index contributed by atoms with van der Waals surface area (Å²) in [5.41, 5.74) is 2.17. The molecule has 9 nitrogen and oxygen atoms in total. The number of nitro groups is 1. The molecule has 3 aromatic rings. The predicted octanol–water partition coefficient (Wildman–Crippen LogP) is 3.50. The predicted molar refractivity (Wildman–Crippen MR) is 102 cm³/mol. The third-order valence-electron chi connectivity index (χ3n) is 5.39. The van der Waals surface area contributed by atoms with E-state index in [1.165, 1.54) is 12.1 Å². The fourth-order valence-electron chi connectivity index (χ4n) is 4.13. The molecule has 1 aliphatic carbocycles. The minimum atomic E-state index is -0.478. The van der Waals surface area contributed by atoms with E-state index in [9.17, 15) is 14.9 Å². The Kier molecular flexibility index (Phi) is 3.83. The van der Waals surface area contributed by atoms with Gasteiger partial charge < -0.3 is 9.73 Å². The van der Waals surface area contributed by atoms with Crippen molar-refractivity contribution in [3.8, 4) is 0 Å². The van der Waals surface area contributed by atoms with Crippen LogP contribution in [0.4, 0.5) is 11.6 Å². The molecule has 146 valence electrons. The van der Waals surface area contributed by atoms with E-state index < -0.39 is 11.0 Å². The SMILES string of the molecule is Cc1nc2n(n1)[C@@H](c1ccc([N+](=O)[O-])cc1)C1=C(C[C@@H](c3ccco3)CC1=O)N2. The summed E-state index contributed by atoms with van der Waals surface area (Å²) in [6.45, 7) is 1.78. The number of allylic oxidation sites excluding steroid dienone is 2. The summed E-state index contributed by atoms with van der Waals surface area (Å²) >= 11 is 0. The average molecular weight is 391 g/mol. The summed E-state index contributed by atoms with van der Waals surface area (Å²) in [4.78, 5) is 28.2. The molecule has 0 bridgehead atoms. The van der Waals surface area contributed by atoms with Crippen molar-refractivity contribution in [1.29, 1.82) is 0 Å². The van der Waals surface area contributed by atoms with E-state index in [0.29, 0.717) is 30.2 Å². The first-order chi connectivity index (χ1) is 14.0. The first-order valence-corrected chi connectivity index (χ1v) is 9.25. The number of anilines is 1. The van der Waals surface area contributed by atoms with Gasteiger partial charge in [0.1, 0.15) is 17.6 Å². The van der Waals surface area contributed by atoms with Crippen LogP contribution in [0.25, 0.3) is 0 Å². The second kappa shape index (κ2) is 6.40. The minimum absolute atomic E-state index is 0.000245. The third kappa shape index (κ3) is 2.82. The Morgan fingerprint density at radius 3 is 2.72 bits per heavy atom. The molecule has 2 aliphatic rings. The van der Waals surface area contributed by atoms with Crippen molar-refractivity contribution in [2.75, 3.05) is 5.32 Å². The van der Waals surface area contributed by atoms with Gasteiger partial charge >= 0.3 is 0 Å². The van der Waals surface area contributed by atoms with Gasteiger partial charge in [0.05, 0.1) is 11.2 Å².